The first kappa shape index (κ1) is 19.9. The van der Waals surface area contributed by atoms with Gasteiger partial charge in [0.1, 0.15) is 0 Å². The van der Waals surface area contributed by atoms with Gasteiger partial charge in [-0.25, -0.2) is 0 Å². The van der Waals surface area contributed by atoms with Crippen LogP contribution in [0.2, 0.25) is 5.02 Å². The molecule has 5 nitrogen and oxygen atoms in total. The second-order valence-corrected chi connectivity index (χ2v) is 7.11. The topological polar surface area (TPSA) is 74.3 Å². The van der Waals surface area contributed by atoms with Crippen LogP contribution in [0, 0.1) is 22.7 Å². The summed E-state index contributed by atoms with van der Waals surface area (Å²) >= 11 is 6.41. The van der Waals surface area contributed by atoms with Crippen LogP contribution < -0.4 is 4.90 Å². The van der Waals surface area contributed by atoms with Gasteiger partial charge < -0.3 is 10.0 Å². The molecule has 2 aromatic carbocycles. The Labute approximate surface area is 170 Å². The Morgan fingerprint density at radius 2 is 1.82 bits per heavy atom. The zero-order chi connectivity index (χ0) is 20.1. The van der Waals surface area contributed by atoms with Crippen LogP contribution in [0.1, 0.15) is 22.7 Å². The lowest BCUT2D eigenvalue weighted by Crippen LogP contribution is -2.54. The summed E-state index contributed by atoms with van der Waals surface area (Å²) in [6, 6.07) is 16.7. The number of piperazine rings is 1. The largest absolute Gasteiger partial charge is 0.394 e. The van der Waals surface area contributed by atoms with E-state index in [-0.39, 0.29) is 18.7 Å². The monoisotopic (exact) mass is 392 g/mol. The third-order valence-corrected chi connectivity index (χ3v) is 5.45. The smallest absolute Gasteiger partial charge is 0.0992 e. The van der Waals surface area contributed by atoms with Crippen molar-refractivity contribution >= 4 is 17.3 Å². The Kier molecular flexibility index (Phi) is 6.34. The van der Waals surface area contributed by atoms with E-state index < -0.39 is 0 Å². The van der Waals surface area contributed by atoms with Gasteiger partial charge in [0, 0.05) is 19.6 Å². The minimum absolute atomic E-state index is 0.00656. The van der Waals surface area contributed by atoms with Crippen molar-refractivity contribution < 1.29 is 5.11 Å². The number of benzene rings is 2. The number of aliphatic hydroxyl groups excluding tert-OH is 1. The normalized spacial score (nSPS) is 18.1. The number of aliphatic hydroxyl groups is 1. The summed E-state index contributed by atoms with van der Waals surface area (Å²) in [6.45, 7) is 6.11. The second kappa shape index (κ2) is 8.91. The molecular formula is C22H21ClN4O. The Bertz CT molecular complexity index is 929. The van der Waals surface area contributed by atoms with Crippen LogP contribution in [0.25, 0.3) is 0 Å². The van der Waals surface area contributed by atoms with Gasteiger partial charge in [-0.2, -0.15) is 10.5 Å². The van der Waals surface area contributed by atoms with Gasteiger partial charge in [-0.15, -0.1) is 6.58 Å². The number of halogens is 1. The molecule has 1 heterocycles. The van der Waals surface area contributed by atoms with Gasteiger partial charge in [0.15, 0.2) is 0 Å². The summed E-state index contributed by atoms with van der Waals surface area (Å²) in [5.41, 5.74) is 2.99. The Morgan fingerprint density at radius 1 is 1.14 bits per heavy atom. The van der Waals surface area contributed by atoms with E-state index in [1.807, 2.05) is 24.3 Å². The van der Waals surface area contributed by atoms with E-state index in [1.165, 1.54) is 0 Å². The Hall–Kier alpha value is -2.83. The highest BCUT2D eigenvalue weighted by atomic mass is 35.5. The standard InChI is InChI=1S/C22H21ClN4O/c1-2-19-14-26(22(15-28)18-6-3-16(12-24)4-7-18)9-10-27(19)21-8-5-17(13-25)11-20(21)23/h2-8,11,19,22,28H,1,9-10,14-15H2/t19-,22-/m1/s1. The fraction of sp³-hybridized carbons (Fsp3) is 0.273. The SMILES string of the molecule is C=C[C@@H]1CN([C@H](CO)c2ccc(C#N)cc2)CCN1c1ccc(C#N)cc1Cl. The molecule has 1 saturated heterocycles. The van der Waals surface area contributed by atoms with Gasteiger partial charge in [0.25, 0.3) is 0 Å². The summed E-state index contributed by atoms with van der Waals surface area (Å²) in [7, 11) is 0. The fourth-order valence-electron chi connectivity index (χ4n) is 3.64. The molecule has 0 saturated carbocycles. The summed E-state index contributed by atoms with van der Waals surface area (Å²) < 4.78 is 0. The molecule has 0 unspecified atom stereocenters. The van der Waals surface area contributed by atoms with Crippen LogP contribution in [-0.4, -0.2) is 42.3 Å². The molecule has 0 aliphatic carbocycles. The van der Waals surface area contributed by atoms with Gasteiger partial charge in [-0.1, -0.05) is 29.8 Å². The molecule has 0 bridgehead atoms. The lowest BCUT2D eigenvalue weighted by atomic mass is 10.0. The summed E-state index contributed by atoms with van der Waals surface area (Å²) in [5, 5.41) is 28.6. The molecule has 2 atom stereocenters. The summed E-state index contributed by atoms with van der Waals surface area (Å²) in [4.78, 5) is 4.40. The van der Waals surface area contributed by atoms with Crippen molar-refractivity contribution in [3.05, 3.63) is 76.8 Å². The lowest BCUT2D eigenvalue weighted by Gasteiger charge is -2.44. The quantitative estimate of drug-likeness (QED) is 0.788. The van der Waals surface area contributed by atoms with Gasteiger partial charge in [0.2, 0.25) is 0 Å². The van der Waals surface area contributed by atoms with Crippen LogP contribution in [0.5, 0.6) is 0 Å². The maximum atomic E-state index is 10.0. The highest BCUT2D eigenvalue weighted by molar-refractivity contribution is 6.33. The van der Waals surface area contributed by atoms with E-state index >= 15 is 0 Å². The van der Waals surface area contributed by atoms with Crippen LogP contribution in [0.4, 0.5) is 5.69 Å². The average molecular weight is 393 g/mol. The maximum absolute atomic E-state index is 10.0. The molecule has 1 aliphatic rings. The van der Waals surface area contributed by atoms with Gasteiger partial charge >= 0.3 is 0 Å². The maximum Gasteiger partial charge on any atom is 0.0992 e. The number of nitriles is 2. The number of hydrogen-bond acceptors (Lipinski definition) is 5. The minimum Gasteiger partial charge on any atom is -0.394 e. The number of anilines is 1. The van der Waals surface area contributed by atoms with Crippen molar-refractivity contribution in [1.82, 2.24) is 4.90 Å². The zero-order valence-electron chi connectivity index (χ0n) is 15.4. The molecule has 3 rings (SSSR count). The van der Waals surface area contributed by atoms with E-state index in [2.05, 4.69) is 28.5 Å². The van der Waals surface area contributed by atoms with E-state index in [0.717, 1.165) is 24.3 Å². The summed E-state index contributed by atoms with van der Waals surface area (Å²) in [5.74, 6) is 0. The predicted molar refractivity (Wildman–Crippen MR) is 110 cm³/mol. The van der Waals surface area contributed by atoms with E-state index in [1.54, 1.807) is 24.3 Å². The first-order chi connectivity index (χ1) is 13.6. The Morgan fingerprint density at radius 3 is 2.39 bits per heavy atom. The van der Waals surface area contributed by atoms with Crippen LogP contribution in [0.15, 0.2) is 55.1 Å². The molecule has 6 heteroatoms. The molecule has 1 aliphatic heterocycles. The van der Waals surface area contributed by atoms with Gasteiger partial charge in [0.05, 0.1) is 52.7 Å². The molecule has 1 fully saturated rings. The molecule has 2 aromatic rings. The Balaban J connectivity index is 1.80. The van der Waals surface area contributed by atoms with Crippen molar-refractivity contribution in [3.63, 3.8) is 0 Å². The minimum atomic E-state index is -0.145. The van der Waals surface area contributed by atoms with Crippen molar-refractivity contribution in [2.75, 3.05) is 31.1 Å². The van der Waals surface area contributed by atoms with Crippen molar-refractivity contribution in [2.24, 2.45) is 0 Å². The highest BCUT2D eigenvalue weighted by Crippen LogP contribution is 2.32. The van der Waals surface area contributed by atoms with Crippen LogP contribution >= 0.6 is 11.6 Å². The number of hydrogen-bond donors (Lipinski definition) is 1. The molecule has 0 amide bonds. The van der Waals surface area contributed by atoms with Gasteiger partial charge in [-0.05, 0) is 35.9 Å². The molecule has 0 radical (unpaired) electrons. The number of nitrogens with zero attached hydrogens (tertiary/aromatic N) is 4. The highest BCUT2D eigenvalue weighted by Gasteiger charge is 2.30. The van der Waals surface area contributed by atoms with E-state index in [0.29, 0.717) is 22.7 Å². The van der Waals surface area contributed by atoms with E-state index in [4.69, 9.17) is 22.1 Å². The van der Waals surface area contributed by atoms with Gasteiger partial charge in [-0.3, -0.25) is 4.90 Å². The lowest BCUT2D eigenvalue weighted by molar-refractivity contribution is 0.109. The van der Waals surface area contributed by atoms with Crippen molar-refractivity contribution in [2.45, 2.75) is 12.1 Å². The third-order valence-electron chi connectivity index (χ3n) is 5.15. The van der Waals surface area contributed by atoms with Crippen LogP contribution in [-0.2, 0) is 0 Å². The molecule has 28 heavy (non-hydrogen) atoms. The number of rotatable bonds is 5. The third kappa shape index (κ3) is 4.03. The van der Waals surface area contributed by atoms with E-state index in [9.17, 15) is 5.11 Å². The second-order valence-electron chi connectivity index (χ2n) is 6.70. The fourth-order valence-corrected chi connectivity index (χ4v) is 3.93. The average Bonchev–Trinajstić information content (AvgIpc) is 2.74. The molecule has 0 spiro atoms. The first-order valence-electron chi connectivity index (χ1n) is 9.05. The summed E-state index contributed by atoms with van der Waals surface area (Å²) in [6.07, 6.45) is 1.88. The van der Waals surface area contributed by atoms with Crippen molar-refractivity contribution in [1.29, 1.82) is 10.5 Å². The molecule has 0 aromatic heterocycles. The van der Waals surface area contributed by atoms with Crippen molar-refractivity contribution in [3.8, 4) is 12.1 Å². The molecule has 1 N–H and O–H groups in total. The molecule has 142 valence electrons. The van der Waals surface area contributed by atoms with Crippen LogP contribution in [0.3, 0.4) is 0 Å². The predicted octanol–water partition coefficient (Wildman–Crippen LogP) is 3.49. The first-order valence-corrected chi connectivity index (χ1v) is 9.43. The molecular weight excluding hydrogens is 372 g/mol. The zero-order valence-corrected chi connectivity index (χ0v) is 16.2.